The van der Waals surface area contributed by atoms with E-state index in [1.54, 1.807) is 25.4 Å². The highest BCUT2D eigenvalue weighted by Crippen LogP contribution is 2.37. The first-order chi connectivity index (χ1) is 14.6. The monoisotopic (exact) mass is 425 g/mol. The van der Waals surface area contributed by atoms with Gasteiger partial charge in [0.05, 0.1) is 37.0 Å². The number of methoxy groups -OCH3 is 1. The van der Waals surface area contributed by atoms with Gasteiger partial charge in [-0.15, -0.1) is 10.2 Å². The number of halogens is 1. The Hall–Kier alpha value is -2.97. The molecular formula is C21H20ClN5O3. The molecular weight excluding hydrogens is 406 g/mol. The first-order valence-corrected chi connectivity index (χ1v) is 10.1. The van der Waals surface area contributed by atoms with Gasteiger partial charge in [0.2, 0.25) is 0 Å². The molecule has 9 heteroatoms. The van der Waals surface area contributed by atoms with Crippen molar-refractivity contribution in [1.29, 1.82) is 0 Å². The maximum Gasteiger partial charge on any atom is 0.256 e. The Labute approximate surface area is 178 Å². The highest BCUT2D eigenvalue weighted by Gasteiger charge is 2.44. The molecule has 5 rings (SSSR count). The van der Waals surface area contributed by atoms with E-state index in [0.29, 0.717) is 53.4 Å². The summed E-state index contributed by atoms with van der Waals surface area (Å²) in [5.41, 5.74) is 2.04. The van der Waals surface area contributed by atoms with Crippen LogP contribution in [-0.4, -0.2) is 56.9 Å². The van der Waals surface area contributed by atoms with Crippen molar-refractivity contribution >= 4 is 17.5 Å². The zero-order valence-electron chi connectivity index (χ0n) is 16.6. The molecule has 4 heterocycles. The van der Waals surface area contributed by atoms with Crippen LogP contribution in [-0.2, 0) is 11.3 Å². The van der Waals surface area contributed by atoms with E-state index in [-0.39, 0.29) is 18.0 Å². The van der Waals surface area contributed by atoms with E-state index in [1.165, 1.54) is 0 Å². The molecule has 2 aromatic heterocycles. The SMILES string of the molecule is COc1ccnc(-c2nnc3n2C[C@@H]2COC[C@H]3N2C(=O)c2cccc(C)c2Cl)c1. The lowest BCUT2D eigenvalue weighted by molar-refractivity contribution is -0.0569. The number of carbonyl (C=O) groups excluding carboxylic acids is 1. The van der Waals surface area contributed by atoms with Gasteiger partial charge in [-0.2, -0.15) is 0 Å². The summed E-state index contributed by atoms with van der Waals surface area (Å²) in [4.78, 5) is 19.7. The lowest BCUT2D eigenvalue weighted by Crippen LogP contribution is -2.56. The average Bonchev–Trinajstić information content (AvgIpc) is 3.18. The molecule has 1 fully saturated rings. The Bertz CT molecular complexity index is 1130. The molecule has 0 unspecified atom stereocenters. The van der Waals surface area contributed by atoms with E-state index < -0.39 is 0 Å². The van der Waals surface area contributed by atoms with E-state index in [9.17, 15) is 4.79 Å². The van der Waals surface area contributed by atoms with E-state index in [2.05, 4.69) is 15.2 Å². The number of fused-ring (bicyclic) bond motifs is 4. The van der Waals surface area contributed by atoms with Crippen LogP contribution in [0.5, 0.6) is 5.75 Å². The second-order valence-corrected chi connectivity index (χ2v) is 7.81. The van der Waals surface area contributed by atoms with E-state index in [0.717, 1.165) is 5.56 Å². The van der Waals surface area contributed by atoms with Crippen molar-refractivity contribution in [3.8, 4) is 17.3 Å². The Morgan fingerprint density at radius 3 is 2.97 bits per heavy atom. The number of ether oxygens (including phenoxy) is 2. The standard InChI is InChI=1S/C21H20ClN5O3/c1-12-4-3-5-15(18(12)22)21(28)27-13-9-26-19(16-8-14(29-2)6-7-23-16)24-25-20(26)17(27)11-30-10-13/h3-8,13,17H,9-11H2,1-2H3/t13-,17-/m1/s1. The van der Waals surface area contributed by atoms with Crippen LogP contribution in [0.15, 0.2) is 36.5 Å². The molecule has 2 atom stereocenters. The normalized spacial score (nSPS) is 20.0. The predicted octanol–water partition coefficient (Wildman–Crippen LogP) is 2.91. The molecule has 2 aliphatic rings. The summed E-state index contributed by atoms with van der Waals surface area (Å²) >= 11 is 6.44. The summed E-state index contributed by atoms with van der Waals surface area (Å²) < 4.78 is 13.1. The highest BCUT2D eigenvalue weighted by atomic mass is 35.5. The van der Waals surface area contributed by atoms with Crippen molar-refractivity contribution in [3.05, 3.63) is 58.5 Å². The van der Waals surface area contributed by atoms with Gasteiger partial charge >= 0.3 is 0 Å². The summed E-state index contributed by atoms with van der Waals surface area (Å²) in [6.07, 6.45) is 1.68. The summed E-state index contributed by atoms with van der Waals surface area (Å²) in [6.45, 7) is 3.20. The van der Waals surface area contributed by atoms with Gasteiger partial charge in [-0.25, -0.2) is 0 Å². The number of rotatable bonds is 3. The smallest absolute Gasteiger partial charge is 0.256 e. The van der Waals surface area contributed by atoms with Gasteiger partial charge in [-0.3, -0.25) is 9.78 Å². The van der Waals surface area contributed by atoms with Gasteiger partial charge in [-0.05, 0) is 24.6 Å². The van der Waals surface area contributed by atoms with Gasteiger partial charge in [-0.1, -0.05) is 23.7 Å². The summed E-state index contributed by atoms with van der Waals surface area (Å²) in [5, 5.41) is 9.26. The van der Waals surface area contributed by atoms with Gasteiger partial charge < -0.3 is 18.9 Å². The molecule has 0 saturated carbocycles. The number of nitrogens with zero attached hydrogens (tertiary/aromatic N) is 5. The predicted molar refractivity (Wildman–Crippen MR) is 110 cm³/mol. The van der Waals surface area contributed by atoms with Crippen molar-refractivity contribution < 1.29 is 14.3 Å². The van der Waals surface area contributed by atoms with E-state index >= 15 is 0 Å². The molecule has 0 aliphatic carbocycles. The van der Waals surface area contributed by atoms with Crippen LogP contribution >= 0.6 is 11.6 Å². The lowest BCUT2D eigenvalue weighted by atomic mass is 10.0. The quantitative estimate of drug-likeness (QED) is 0.641. The summed E-state index contributed by atoms with van der Waals surface area (Å²) in [7, 11) is 1.61. The number of amides is 1. The molecule has 8 nitrogen and oxygen atoms in total. The molecule has 1 aromatic carbocycles. The molecule has 30 heavy (non-hydrogen) atoms. The second kappa shape index (κ2) is 7.37. The first-order valence-electron chi connectivity index (χ1n) is 9.67. The molecule has 0 spiro atoms. The van der Waals surface area contributed by atoms with Crippen LogP contribution in [0.25, 0.3) is 11.5 Å². The Kier molecular flexibility index (Phi) is 4.67. The fraction of sp³-hybridized carbons (Fsp3) is 0.333. The largest absolute Gasteiger partial charge is 0.497 e. The van der Waals surface area contributed by atoms with Crippen LogP contribution in [0.2, 0.25) is 5.02 Å². The number of aryl methyl sites for hydroxylation is 1. The lowest BCUT2D eigenvalue weighted by Gasteiger charge is -2.45. The zero-order chi connectivity index (χ0) is 20.8. The third kappa shape index (κ3) is 2.95. The number of carbonyl (C=O) groups is 1. The molecule has 3 aromatic rings. The number of morpholine rings is 1. The van der Waals surface area contributed by atoms with Crippen molar-refractivity contribution in [3.63, 3.8) is 0 Å². The van der Waals surface area contributed by atoms with E-state index in [4.69, 9.17) is 21.1 Å². The van der Waals surface area contributed by atoms with Crippen LogP contribution < -0.4 is 4.74 Å². The molecule has 1 amide bonds. The fourth-order valence-electron chi connectivity index (χ4n) is 4.13. The minimum absolute atomic E-state index is 0.114. The van der Waals surface area contributed by atoms with Gasteiger partial charge in [0, 0.05) is 18.8 Å². The number of hydrogen-bond acceptors (Lipinski definition) is 6. The minimum Gasteiger partial charge on any atom is -0.497 e. The number of aromatic nitrogens is 4. The molecule has 154 valence electrons. The third-order valence-corrected chi connectivity index (χ3v) is 6.14. The maximum absolute atomic E-state index is 13.5. The number of benzene rings is 1. The zero-order valence-corrected chi connectivity index (χ0v) is 17.3. The summed E-state index contributed by atoms with van der Waals surface area (Å²) in [6, 6.07) is 8.62. The number of pyridine rings is 1. The first kappa shape index (κ1) is 19.0. The molecule has 1 saturated heterocycles. The topological polar surface area (TPSA) is 82.4 Å². The Morgan fingerprint density at radius 1 is 1.27 bits per heavy atom. The van der Waals surface area contributed by atoms with Crippen molar-refractivity contribution in [2.24, 2.45) is 0 Å². The summed E-state index contributed by atoms with van der Waals surface area (Å²) in [5.74, 6) is 1.92. The Morgan fingerprint density at radius 2 is 2.13 bits per heavy atom. The fourth-order valence-corrected chi connectivity index (χ4v) is 4.34. The molecule has 2 bridgehead atoms. The maximum atomic E-state index is 13.5. The van der Waals surface area contributed by atoms with Crippen molar-refractivity contribution in [1.82, 2.24) is 24.6 Å². The minimum atomic E-state index is -0.339. The molecule has 2 aliphatic heterocycles. The molecule has 0 N–H and O–H groups in total. The van der Waals surface area contributed by atoms with Gasteiger partial charge in [0.25, 0.3) is 5.91 Å². The van der Waals surface area contributed by atoms with Gasteiger partial charge in [0.1, 0.15) is 17.5 Å². The Balaban J connectivity index is 1.55. The van der Waals surface area contributed by atoms with Gasteiger partial charge in [0.15, 0.2) is 11.6 Å². The molecule has 0 radical (unpaired) electrons. The average molecular weight is 426 g/mol. The van der Waals surface area contributed by atoms with Crippen LogP contribution in [0.1, 0.15) is 27.8 Å². The van der Waals surface area contributed by atoms with Crippen molar-refractivity contribution in [2.45, 2.75) is 25.6 Å². The van der Waals surface area contributed by atoms with Crippen LogP contribution in [0, 0.1) is 6.92 Å². The van der Waals surface area contributed by atoms with Crippen molar-refractivity contribution in [2.75, 3.05) is 20.3 Å². The number of hydrogen-bond donors (Lipinski definition) is 0. The second-order valence-electron chi connectivity index (χ2n) is 7.43. The third-order valence-electron chi connectivity index (χ3n) is 5.64. The highest BCUT2D eigenvalue weighted by molar-refractivity contribution is 6.34. The van der Waals surface area contributed by atoms with Crippen LogP contribution in [0.3, 0.4) is 0 Å². The van der Waals surface area contributed by atoms with Crippen LogP contribution in [0.4, 0.5) is 0 Å². The van der Waals surface area contributed by atoms with E-state index in [1.807, 2.05) is 34.6 Å².